The Labute approximate surface area is 67.7 Å². The zero-order valence-corrected chi connectivity index (χ0v) is 7.26. The highest BCUT2D eigenvalue weighted by Gasteiger charge is 2.22. The van der Waals surface area contributed by atoms with Crippen molar-refractivity contribution in [1.82, 2.24) is 10.4 Å². The Morgan fingerprint density at radius 1 is 1.36 bits per heavy atom. The number of hydrogen-bond donors (Lipinski definition) is 1. The Balaban J connectivity index is 2.28. The third-order valence-corrected chi connectivity index (χ3v) is 2.06. The number of hydrogen-bond acceptors (Lipinski definition) is 2. The van der Waals surface area contributed by atoms with Gasteiger partial charge in [0.25, 0.3) is 0 Å². The molecule has 3 nitrogen and oxygen atoms in total. The van der Waals surface area contributed by atoms with Gasteiger partial charge in [-0.3, -0.25) is 10.2 Å². The monoisotopic (exact) mass is 156 g/mol. The number of carbonyl (C=O) groups excluding carboxylic acids is 1. The number of amides is 1. The van der Waals surface area contributed by atoms with E-state index in [-0.39, 0.29) is 11.8 Å². The quantitative estimate of drug-likeness (QED) is 0.599. The minimum absolute atomic E-state index is 0.188. The maximum absolute atomic E-state index is 11.3. The van der Waals surface area contributed by atoms with E-state index in [1.54, 1.807) is 5.01 Å². The lowest BCUT2D eigenvalue weighted by molar-refractivity contribution is -0.128. The van der Waals surface area contributed by atoms with Crippen molar-refractivity contribution < 1.29 is 4.79 Å². The molecule has 1 fully saturated rings. The van der Waals surface area contributed by atoms with Crippen LogP contribution in [0, 0.1) is 5.92 Å². The molecule has 1 N–H and O–H groups in total. The first kappa shape index (κ1) is 8.53. The van der Waals surface area contributed by atoms with Gasteiger partial charge in [-0.2, -0.15) is 0 Å². The third-order valence-electron chi connectivity index (χ3n) is 2.06. The van der Waals surface area contributed by atoms with Gasteiger partial charge in [-0.25, -0.2) is 5.01 Å². The predicted octanol–water partition coefficient (Wildman–Crippen LogP) is 0.769. The fraction of sp³-hybridized carbons (Fsp3) is 0.875. The first-order chi connectivity index (χ1) is 5.20. The molecule has 11 heavy (non-hydrogen) atoms. The van der Waals surface area contributed by atoms with Crippen LogP contribution in [0.4, 0.5) is 0 Å². The van der Waals surface area contributed by atoms with Crippen molar-refractivity contribution in [2.75, 3.05) is 14.1 Å². The molecule has 3 heteroatoms. The highest BCUT2D eigenvalue weighted by Crippen LogP contribution is 2.24. The molecule has 1 saturated carbocycles. The molecule has 64 valence electrons. The molecule has 0 unspecified atom stereocenters. The van der Waals surface area contributed by atoms with Gasteiger partial charge >= 0.3 is 0 Å². The van der Waals surface area contributed by atoms with E-state index in [2.05, 4.69) is 5.43 Å². The average Bonchev–Trinajstić information content (AvgIpc) is 2.35. The molecule has 1 aliphatic rings. The molecular weight excluding hydrogens is 140 g/mol. The minimum atomic E-state index is 0.188. The largest absolute Gasteiger partial charge is 0.289 e. The molecule has 0 aromatic heterocycles. The summed E-state index contributed by atoms with van der Waals surface area (Å²) < 4.78 is 0. The third kappa shape index (κ3) is 2.50. The molecular formula is C8H16N2O. The van der Waals surface area contributed by atoms with Crippen molar-refractivity contribution in [3.05, 3.63) is 0 Å². The summed E-state index contributed by atoms with van der Waals surface area (Å²) in [5, 5.41) is 1.71. The molecule has 0 radical (unpaired) electrons. The molecule has 0 aromatic rings. The van der Waals surface area contributed by atoms with Crippen molar-refractivity contribution in [3.8, 4) is 0 Å². The van der Waals surface area contributed by atoms with E-state index in [0.717, 1.165) is 12.8 Å². The number of rotatable bonds is 2. The van der Waals surface area contributed by atoms with Crippen LogP contribution in [0.2, 0.25) is 0 Å². The fourth-order valence-electron chi connectivity index (χ4n) is 1.50. The van der Waals surface area contributed by atoms with Gasteiger partial charge in [0.05, 0.1) is 0 Å². The van der Waals surface area contributed by atoms with Gasteiger partial charge in [0, 0.05) is 20.0 Å². The van der Waals surface area contributed by atoms with E-state index >= 15 is 0 Å². The SMILES string of the molecule is CN(C)NC(=O)C1CCCC1. The lowest BCUT2D eigenvalue weighted by Crippen LogP contribution is -2.39. The van der Waals surface area contributed by atoms with Crippen LogP contribution in [-0.4, -0.2) is 25.0 Å². The first-order valence-corrected chi connectivity index (χ1v) is 4.18. The highest BCUT2D eigenvalue weighted by molar-refractivity contribution is 5.78. The van der Waals surface area contributed by atoms with Crippen LogP contribution in [0.5, 0.6) is 0 Å². The van der Waals surface area contributed by atoms with E-state index in [0.29, 0.717) is 0 Å². The van der Waals surface area contributed by atoms with E-state index in [1.807, 2.05) is 14.1 Å². The summed E-state index contributed by atoms with van der Waals surface area (Å²) in [7, 11) is 3.68. The molecule has 0 atom stereocenters. The molecule has 0 aliphatic heterocycles. The second-order valence-corrected chi connectivity index (χ2v) is 3.35. The van der Waals surface area contributed by atoms with Gasteiger partial charge in [0.2, 0.25) is 5.91 Å². The molecule has 0 aromatic carbocycles. The maximum Gasteiger partial charge on any atom is 0.237 e. The van der Waals surface area contributed by atoms with Crippen LogP contribution in [0.1, 0.15) is 25.7 Å². The normalized spacial score (nSPS) is 19.2. The van der Waals surface area contributed by atoms with Crippen molar-refractivity contribution in [2.24, 2.45) is 5.92 Å². The lowest BCUT2D eigenvalue weighted by atomic mass is 10.1. The summed E-state index contributed by atoms with van der Waals surface area (Å²) in [6.07, 6.45) is 4.57. The van der Waals surface area contributed by atoms with Gasteiger partial charge < -0.3 is 0 Å². The molecule has 1 amide bonds. The van der Waals surface area contributed by atoms with Crippen LogP contribution >= 0.6 is 0 Å². The maximum atomic E-state index is 11.3. The van der Waals surface area contributed by atoms with E-state index in [1.165, 1.54) is 12.8 Å². The number of nitrogens with one attached hydrogen (secondary N) is 1. The number of hydrazine groups is 1. The zero-order chi connectivity index (χ0) is 8.27. The molecule has 0 saturated heterocycles. The summed E-state index contributed by atoms with van der Waals surface area (Å²) in [6.45, 7) is 0. The van der Waals surface area contributed by atoms with E-state index in [4.69, 9.17) is 0 Å². The van der Waals surface area contributed by atoms with Crippen molar-refractivity contribution in [3.63, 3.8) is 0 Å². The Kier molecular flexibility index (Phi) is 2.88. The molecule has 1 aliphatic carbocycles. The molecule has 1 rings (SSSR count). The van der Waals surface area contributed by atoms with Crippen LogP contribution in [0.25, 0.3) is 0 Å². The van der Waals surface area contributed by atoms with Gasteiger partial charge in [-0.15, -0.1) is 0 Å². The zero-order valence-electron chi connectivity index (χ0n) is 7.26. The van der Waals surface area contributed by atoms with Crippen molar-refractivity contribution >= 4 is 5.91 Å². The topological polar surface area (TPSA) is 32.3 Å². The Bertz CT molecular complexity index is 139. The second kappa shape index (κ2) is 3.72. The Morgan fingerprint density at radius 2 is 1.91 bits per heavy atom. The summed E-state index contributed by atoms with van der Waals surface area (Å²) >= 11 is 0. The van der Waals surface area contributed by atoms with E-state index in [9.17, 15) is 4.79 Å². The standard InChI is InChI=1S/C8H16N2O/c1-10(2)9-8(11)7-5-3-4-6-7/h7H,3-6H2,1-2H3,(H,9,11). The summed E-state index contributed by atoms with van der Waals surface area (Å²) in [4.78, 5) is 11.3. The molecule has 0 spiro atoms. The van der Waals surface area contributed by atoms with Crippen molar-refractivity contribution in [1.29, 1.82) is 0 Å². The minimum Gasteiger partial charge on any atom is -0.289 e. The molecule has 0 heterocycles. The smallest absolute Gasteiger partial charge is 0.237 e. The first-order valence-electron chi connectivity index (χ1n) is 4.18. The van der Waals surface area contributed by atoms with Crippen LogP contribution < -0.4 is 5.43 Å². The van der Waals surface area contributed by atoms with E-state index < -0.39 is 0 Å². The van der Waals surface area contributed by atoms with Crippen molar-refractivity contribution in [2.45, 2.75) is 25.7 Å². The second-order valence-electron chi connectivity index (χ2n) is 3.35. The van der Waals surface area contributed by atoms with Gasteiger partial charge in [-0.1, -0.05) is 12.8 Å². The number of carbonyl (C=O) groups is 1. The number of nitrogens with zero attached hydrogens (tertiary/aromatic N) is 1. The highest BCUT2D eigenvalue weighted by atomic mass is 16.2. The van der Waals surface area contributed by atoms with Gasteiger partial charge in [0.15, 0.2) is 0 Å². The predicted molar refractivity (Wildman–Crippen MR) is 43.8 cm³/mol. The van der Waals surface area contributed by atoms with Gasteiger partial charge in [-0.05, 0) is 12.8 Å². The lowest BCUT2D eigenvalue weighted by Gasteiger charge is -2.15. The summed E-state index contributed by atoms with van der Waals surface area (Å²) in [5.41, 5.74) is 2.78. The van der Waals surface area contributed by atoms with Gasteiger partial charge in [0.1, 0.15) is 0 Å². The Hall–Kier alpha value is -0.570. The fourth-order valence-corrected chi connectivity index (χ4v) is 1.50. The van der Waals surface area contributed by atoms with Crippen LogP contribution in [0.3, 0.4) is 0 Å². The molecule has 0 bridgehead atoms. The van der Waals surface area contributed by atoms with Crippen LogP contribution in [0.15, 0.2) is 0 Å². The average molecular weight is 156 g/mol. The van der Waals surface area contributed by atoms with Crippen LogP contribution in [-0.2, 0) is 4.79 Å². The Morgan fingerprint density at radius 3 is 2.36 bits per heavy atom. The summed E-state index contributed by atoms with van der Waals surface area (Å²) in [6, 6.07) is 0. The summed E-state index contributed by atoms with van der Waals surface area (Å²) in [5.74, 6) is 0.463.